The molecule has 0 aliphatic carbocycles. The molecule has 5 rings (SSSR count). The highest BCUT2D eigenvalue weighted by molar-refractivity contribution is 5.91. The smallest absolute Gasteiger partial charge is 0.239 e. The predicted octanol–water partition coefficient (Wildman–Crippen LogP) is -1.07. The van der Waals surface area contributed by atoms with Crippen LogP contribution in [0.4, 0.5) is 0 Å². The monoisotopic (exact) mass is 668 g/mol. The molecule has 1 aromatic heterocycles. The zero-order valence-electron chi connectivity index (χ0n) is 25.5. The van der Waals surface area contributed by atoms with E-state index in [1.165, 1.54) is 39.3 Å². The zero-order valence-corrected chi connectivity index (χ0v) is 25.5. The maximum atomic E-state index is 13.6. The lowest BCUT2D eigenvalue weighted by Gasteiger charge is -2.45. The van der Waals surface area contributed by atoms with Gasteiger partial charge in [-0.2, -0.15) is 0 Å². The first-order chi connectivity index (χ1) is 22.4. The van der Waals surface area contributed by atoms with Crippen molar-refractivity contribution in [1.29, 1.82) is 0 Å². The van der Waals surface area contributed by atoms with Crippen LogP contribution in [0, 0.1) is 0 Å². The number of methoxy groups -OCH3 is 3. The summed E-state index contributed by atoms with van der Waals surface area (Å²) in [5, 5.41) is 83.3. The molecule has 3 aromatic rings. The second kappa shape index (κ2) is 13.7. The first-order valence-corrected chi connectivity index (χ1v) is 14.3. The van der Waals surface area contributed by atoms with Crippen LogP contribution in [0.2, 0.25) is 0 Å². The number of phenols is 2. The van der Waals surface area contributed by atoms with Crippen molar-refractivity contribution in [2.75, 3.05) is 27.9 Å². The second-order valence-electron chi connectivity index (χ2n) is 10.9. The van der Waals surface area contributed by atoms with Crippen LogP contribution in [0.25, 0.3) is 22.3 Å². The minimum Gasteiger partial charge on any atom is -0.504 e. The molecule has 0 unspecified atom stereocenters. The third-order valence-corrected chi connectivity index (χ3v) is 8.05. The molecule has 2 aliphatic heterocycles. The topological polar surface area (TPSA) is 257 Å². The van der Waals surface area contributed by atoms with Crippen LogP contribution in [0.3, 0.4) is 0 Å². The summed E-state index contributed by atoms with van der Waals surface area (Å²) in [5.41, 5.74) is -0.857. The van der Waals surface area contributed by atoms with Gasteiger partial charge >= 0.3 is 0 Å². The molecule has 0 saturated carbocycles. The molecular formula is C30H36O17. The van der Waals surface area contributed by atoms with Crippen molar-refractivity contribution in [2.24, 2.45) is 0 Å². The highest BCUT2D eigenvalue weighted by atomic mass is 16.8. The number of hydrogen-bond donors (Lipinski definition) is 8. The van der Waals surface area contributed by atoms with Crippen LogP contribution in [-0.2, 0) is 14.2 Å². The molecule has 2 fully saturated rings. The summed E-state index contributed by atoms with van der Waals surface area (Å²) in [6.45, 7) is 0.629. The van der Waals surface area contributed by atoms with Crippen molar-refractivity contribution in [1.82, 2.24) is 0 Å². The quantitative estimate of drug-likeness (QED) is 0.135. The van der Waals surface area contributed by atoms with E-state index in [4.69, 9.17) is 37.6 Å². The van der Waals surface area contributed by atoms with Gasteiger partial charge in [-0.15, -0.1) is 0 Å². The van der Waals surface area contributed by atoms with E-state index in [-0.39, 0.29) is 45.3 Å². The summed E-state index contributed by atoms with van der Waals surface area (Å²) in [6.07, 6.45) is -16.0. The van der Waals surface area contributed by atoms with Crippen molar-refractivity contribution < 1.29 is 78.4 Å². The molecule has 2 aliphatic rings. The molecule has 17 heteroatoms. The standard InChI is InChI=1S/C30H36O17/c1-10-18(33)22(37)24(39)29(43-10)47-28-23(38)19(34)16(9-31)46-30(28)45-15-8-14-17(20(35)26(15)41-3)21(36)27(42-4)25(44-14)11-5-6-13(40-2)12(32)7-11/h5-8,10,16,18-19,22-24,28-35,37-39H,9H2,1-4H3/t10-,16+,18-,19+,22+,23-,24+,28+,29-,30+/m0/s1. The Kier molecular flexibility index (Phi) is 10.0. The van der Waals surface area contributed by atoms with Gasteiger partial charge in [-0.3, -0.25) is 4.79 Å². The molecule has 2 aromatic carbocycles. The Bertz CT molecular complexity index is 1640. The van der Waals surface area contributed by atoms with Crippen LogP contribution in [0.5, 0.6) is 34.5 Å². The summed E-state index contributed by atoms with van der Waals surface area (Å²) < 4.78 is 44.5. The first kappa shape index (κ1) is 34.4. The number of aliphatic hydroxyl groups is 6. The summed E-state index contributed by atoms with van der Waals surface area (Å²) in [4.78, 5) is 13.6. The second-order valence-corrected chi connectivity index (χ2v) is 10.9. The maximum Gasteiger partial charge on any atom is 0.239 e. The Morgan fingerprint density at radius 2 is 1.49 bits per heavy atom. The molecule has 258 valence electrons. The molecule has 0 radical (unpaired) electrons. The van der Waals surface area contributed by atoms with Crippen LogP contribution < -0.4 is 24.4 Å². The van der Waals surface area contributed by atoms with Crippen LogP contribution in [0.15, 0.2) is 33.5 Å². The largest absolute Gasteiger partial charge is 0.504 e. The Labute approximate surface area is 266 Å². The molecular weight excluding hydrogens is 632 g/mol. The lowest BCUT2D eigenvalue weighted by molar-refractivity contribution is -0.354. The molecule has 3 heterocycles. The predicted molar refractivity (Wildman–Crippen MR) is 157 cm³/mol. The van der Waals surface area contributed by atoms with Crippen molar-refractivity contribution in [3.8, 4) is 45.8 Å². The van der Waals surface area contributed by atoms with Crippen molar-refractivity contribution in [3.63, 3.8) is 0 Å². The molecule has 0 spiro atoms. The maximum absolute atomic E-state index is 13.6. The summed E-state index contributed by atoms with van der Waals surface area (Å²) in [7, 11) is 3.73. The van der Waals surface area contributed by atoms with Crippen molar-refractivity contribution in [3.05, 3.63) is 34.5 Å². The van der Waals surface area contributed by atoms with E-state index < -0.39 is 84.9 Å². The normalized spacial score (nSPS) is 31.0. The Morgan fingerprint density at radius 3 is 2.11 bits per heavy atom. The highest BCUT2D eigenvalue weighted by Crippen LogP contribution is 2.45. The molecule has 17 nitrogen and oxygen atoms in total. The number of hydrogen-bond acceptors (Lipinski definition) is 17. The van der Waals surface area contributed by atoms with Gasteiger partial charge in [-0.05, 0) is 25.1 Å². The van der Waals surface area contributed by atoms with Gasteiger partial charge in [-0.1, -0.05) is 0 Å². The van der Waals surface area contributed by atoms with Crippen molar-refractivity contribution >= 4 is 11.0 Å². The fourth-order valence-corrected chi connectivity index (χ4v) is 5.47. The van der Waals surface area contributed by atoms with E-state index >= 15 is 0 Å². The van der Waals surface area contributed by atoms with Crippen molar-refractivity contribution in [2.45, 2.75) is 68.3 Å². The number of ether oxygens (including phenoxy) is 7. The van der Waals surface area contributed by atoms with Gasteiger partial charge < -0.3 is 78.4 Å². The molecule has 47 heavy (non-hydrogen) atoms. The first-order valence-electron chi connectivity index (χ1n) is 14.3. The number of aromatic hydroxyl groups is 2. The Hall–Kier alpha value is -3.91. The van der Waals surface area contributed by atoms with Crippen LogP contribution >= 0.6 is 0 Å². The van der Waals surface area contributed by atoms with Crippen LogP contribution in [-0.4, -0.2) is 130 Å². The fourth-order valence-electron chi connectivity index (χ4n) is 5.47. The number of phenolic OH excluding ortho intramolecular Hbond substituents is 2. The lowest BCUT2D eigenvalue weighted by atomic mass is 9.97. The number of aliphatic hydroxyl groups excluding tert-OH is 6. The number of benzene rings is 2. The van der Waals surface area contributed by atoms with E-state index in [2.05, 4.69) is 0 Å². The minimum absolute atomic E-state index is 0.134. The third-order valence-electron chi connectivity index (χ3n) is 8.05. The van der Waals surface area contributed by atoms with E-state index in [1.807, 2.05) is 0 Å². The van der Waals surface area contributed by atoms with Gasteiger partial charge in [0.1, 0.15) is 47.6 Å². The lowest BCUT2D eigenvalue weighted by Crippen LogP contribution is -2.64. The number of rotatable bonds is 9. The molecule has 0 amide bonds. The Morgan fingerprint density at radius 1 is 0.787 bits per heavy atom. The van der Waals surface area contributed by atoms with Crippen LogP contribution in [0.1, 0.15) is 6.92 Å². The van der Waals surface area contributed by atoms with E-state index in [1.54, 1.807) is 0 Å². The van der Waals surface area contributed by atoms with Gasteiger partial charge in [0.05, 0.1) is 34.0 Å². The molecule has 8 N–H and O–H groups in total. The average molecular weight is 669 g/mol. The molecule has 0 bridgehead atoms. The molecule has 10 atom stereocenters. The Balaban J connectivity index is 1.59. The average Bonchev–Trinajstić information content (AvgIpc) is 3.05. The molecule has 2 saturated heterocycles. The summed E-state index contributed by atoms with van der Waals surface area (Å²) in [6, 6.07) is 5.34. The highest BCUT2D eigenvalue weighted by Gasteiger charge is 2.51. The van der Waals surface area contributed by atoms with E-state index in [0.29, 0.717) is 0 Å². The number of fused-ring (bicyclic) bond motifs is 1. The van der Waals surface area contributed by atoms with Gasteiger partial charge in [0.2, 0.25) is 23.2 Å². The van der Waals surface area contributed by atoms with Gasteiger partial charge in [0, 0.05) is 11.6 Å². The summed E-state index contributed by atoms with van der Waals surface area (Å²) in [5.74, 6) is -2.02. The van der Waals surface area contributed by atoms with Gasteiger partial charge in [-0.25, -0.2) is 0 Å². The minimum atomic E-state index is -1.84. The van der Waals surface area contributed by atoms with Gasteiger partial charge in [0.15, 0.2) is 41.2 Å². The van der Waals surface area contributed by atoms with E-state index in [9.17, 15) is 45.6 Å². The third kappa shape index (κ3) is 6.13. The summed E-state index contributed by atoms with van der Waals surface area (Å²) >= 11 is 0. The zero-order chi connectivity index (χ0) is 34.3. The fraction of sp³-hybridized carbons (Fsp3) is 0.500. The van der Waals surface area contributed by atoms with E-state index in [0.717, 1.165) is 13.2 Å². The van der Waals surface area contributed by atoms with Gasteiger partial charge in [0.25, 0.3) is 0 Å². The SMILES string of the molecule is COc1ccc(-c2oc3cc(O[C@@H]4O[C@H](CO)[C@@H](O)[C@H](O)[C@H]4O[C@@H]4O[C@@H](C)[C@H](O)[C@@H](O)[C@H]4O)c(OC)c(O)c3c(=O)c2OC)cc1O.